The molecule has 18 heavy (non-hydrogen) atoms. The summed E-state index contributed by atoms with van der Waals surface area (Å²) in [5.41, 5.74) is -1.89. The maximum absolute atomic E-state index is 12.8. The van der Waals surface area contributed by atoms with E-state index in [1.165, 1.54) is 0 Å². The minimum atomic E-state index is -4.71. The highest BCUT2D eigenvalue weighted by atomic mass is 19.4. The van der Waals surface area contributed by atoms with E-state index in [0.717, 1.165) is 13.0 Å². The van der Waals surface area contributed by atoms with Gasteiger partial charge in [0.2, 0.25) is 0 Å². The first-order valence-electron chi connectivity index (χ1n) is 5.15. The molecule has 0 saturated carbocycles. The molecule has 0 fully saturated rings. The first-order valence-corrected chi connectivity index (χ1v) is 5.15. The molecule has 1 aromatic rings. The number of carbonyl (C=O) groups excluding carboxylic acids is 2. The third kappa shape index (κ3) is 2.88. The number of rotatable bonds is 4. The summed E-state index contributed by atoms with van der Waals surface area (Å²) in [6.45, 7) is 2.81. The smallest absolute Gasteiger partial charge is 0.417 e. The Labute approximate surface area is 102 Å². The molecule has 98 valence electrons. The lowest BCUT2D eigenvalue weighted by molar-refractivity contribution is -0.138. The van der Waals surface area contributed by atoms with Crippen LogP contribution in [0, 0.1) is 0 Å². The highest BCUT2D eigenvalue weighted by Crippen LogP contribution is 2.36. The molecule has 0 saturated heterocycles. The second-order valence-electron chi connectivity index (χ2n) is 3.54. The summed E-state index contributed by atoms with van der Waals surface area (Å²) in [6.07, 6.45) is -4.63. The number of ketones is 1. The van der Waals surface area contributed by atoms with Crippen LogP contribution in [-0.2, 0) is 6.18 Å². The molecule has 1 aromatic carbocycles. The van der Waals surface area contributed by atoms with Gasteiger partial charge in [-0.3, -0.25) is 9.59 Å². The summed E-state index contributed by atoms with van der Waals surface area (Å²) in [5.74, 6) is -0.758. The summed E-state index contributed by atoms with van der Waals surface area (Å²) < 4.78 is 43.3. The van der Waals surface area contributed by atoms with Crippen molar-refractivity contribution in [2.24, 2.45) is 0 Å². The zero-order chi connectivity index (χ0) is 13.9. The highest BCUT2D eigenvalue weighted by Gasteiger charge is 2.35. The molecule has 0 amide bonds. The van der Waals surface area contributed by atoms with E-state index in [-0.39, 0.29) is 24.2 Å². The number of ether oxygens (including phenoxy) is 1. The van der Waals surface area contributed by atoms with Crippen LogP contribution in [0.2, 0.25) is 0 Å². The number of halogens is 3. The van der Waals surface area contributed by atoms with Crippen molar-refractivity contribution in [2.45, 2.75) is 20.0 Å². The van der Waals surface area contributed by atoms with Gasteiger partial charge in [0.25, 0.3) is 0 Å². The van der Waals surface area contributed by atoms with E-state index in [0.29, 0.717) is 6.07 Å². The van der Waals surface area contributed by atoms with Crippen molar-refractivity contribution in [3.63, 3.8) is 0 Å². The molecule has 0 aromatic heterocycles. The molecule has 0 atom stereocenters. The van der Waals surface area contributed by atoms with Crippen LogP contribution in [0.1, 0.15) is 40.1 Å². The van der Waals surface area contributed by atoms with Gasteiger partial charge in [-0.2, -0.15) is 13.2 Å². The molecule has 0 radical (unpaired) electrons. The van der Waals surface area contributed by atoms with Crippen molar-refractivity contribution >= 4 is 12.1 Å². The van der Waals surface area contributed by atoms with Crippen molar-refractivity contribution < 1.29 is 27.5 Å². The number of hydrogen-bond acceptors (Lipinski definition) is 3. The SMILES string of the molecule is CCOc1cc(C(C)=O)cc(C(F)(F)F)c1C=O. The fraction of sp³-hybridized carbons (Fsp3) is 0.333. The maximum atomic E-state index is 12.8. The number of aldehydes is 1. The predicted octanol–water partition coefficient (Wildman–Crippen LogP) is 3.12. The molecule has 0 aliphatic carbocycles. The lowest BCUT2D eigenvalue weighted by Crippen LogP contribution is -2.12. The number of benzene rings is 1. The van der Waals surface area contributed by atoms with E-state index in [2.05, 4.69) is 0 Å². The largest absolute Gasteiger partial charge is 0.493 e. The van der Waals surface area contributed by atoms with E-state index >= 15 is 0 Å². The van der Waals surface area contributed by atoms with E-state index in [9.17, 15) is 22.8 Å². The van der Waals surface area contributed by atoms with E-state index in [1.54, 1.807) is 6.92 Å². The first kappa shape index (κ1) is 14.2. The molecule has 0 unspecified atom stereocenters. The quantitative estimate of drug-likeness (QED) is 0.617. The van der Waals surface area contributed by atoms with Gasteiger partial charge < -0.3 is 4.74 Å². The molecular weight excluding hydrogens is 249 g/mol. The van der Waals surface area contributed by atoms with E-state index < -0.39 is 23.1 Å². The second kappa shape index (κ2) is 5.20. The third-order valence-electron chi connectivity index (χ3n) is 2.27. The standard InChI is InChI=1S/C12H11F3O3/c1-3-18-11-5-8(7(2)17)4-10(9(11)6-16)12(13,14)15/h4-6H,3H2,1-2H3. The van der Waals surface area contributed by atoms with Gasteiger partial charge in [0.1, 0.15) is 5.75 Å². The molecule has 6 heteroatoms. The van der Waals surface area contributed by atoms with Gasteiger partial charge in [0.05, 0.1) is 17.7 Å². The van der Waals surface area contributed by atoms with E-state index in [1.807, 2.05) is 0 Å². The van der Waals surface area contributed by atoms with Gasteiger partial charge >= 0.3 is 6.18 Å². The van der Waals surface area contributed by atoms with E-state index in [4.69, 9.17) is 4.74 Å². The Morgan fingerprint density at radius 2 is 2.00 bits per heavy atom. The summed E-state index contributed by atoms with van der Waals surface area (Å²) >= 11 is 0. The van der Waals surface area contributed by atoms with Crippen LogP contribution < -0.4 is 4.74 Å². The Bertz CT molecular complexity index is 478. The van der Waals surface area contributed by atoms with Gasteiger partial charge in [0.15, 0.2) is 12.1 Å². The molecule has 0 aliphatic rings. The molecule has 0 bridgehead atoms. The second-order valence-corrected chi connectivity index (χ2v) is 3.54. The van der Waals surface area contributed by atoms with Gasteiger partial charge in [-0.15, -0.1) is 0 Å². The van der Waals surface area contributed by atoms with Crippen molar-refractivity contribution in [1.29, 1.82) is 0 Å². The first-order chi connectivity index (χ1) is 8.31. The molecule has 3 nitrogen and oxygen atoms in total. The molecule has 0 N–H and O–H groups in total. The topological polar surface area (TPSA) is 43.4 Å². The van der Waals surface area contributed by atoms with Crippen molar-refractivity contribution in [3.05, 3.63) is 28.8 Å². The molecular formula is C12H11F3O3. The van der Waals surface area contributed by atoms with Crippen LogP contribution in [0.15, 0.2) is 12.1 Å². The summed E-state index contributed by atoms with van der Waals surface area (Å²) in [5, 5.41) is 0. The molecule has 0 aliphatic heterocycles. The monoisotopic (exact) mass is 260 g/mol. The van der Waals surface area contributed by atoms with Crippen LogP contribution >= 0.6 is 0 Å². The van der Waals surface area contributed by atoms with Crippen molar-refractivity contribution in [2.75, 3.05) is 6.61 Å². The van der Waals surface area contributed by atoms with Crippen LogP contribution in [0.25, 0.3) is 0 Å². The van der Waals surface area contributed by atoms with Gasteiger partial charge in [-0.05, 0) is 26.0 Å². The Morgan fingerprint density at radius 1 is 1.39 bits per heavy atom. The summed E-state index contributed by atoms with van der Waals surface area (Å²) in [4.78, 5) is 22.0. The lowest BCUT2D eigenvalue weighted by atomic mass is 10.0. The molecule has 1 rings (SSSR count). The van der Waals surface area contributed by atoms with Crippen LogP contribution in [-0.4, -0.2) is 18.7 Å². The zero-order valence-electron chi connectivity index (χ0n) is 9.80. The average Bonchev–Trinajstić information content (AvgIpc) is 2.27. The zero-order valence-corrected chi connectivity index (χ0v) is 9.80. The Balaban J connectivity index is 3.56. The Kier molecular flexibility index (Phi) is 4.11. The minimum absolute atomic E-state index is 0.0811. The van der Waals surface area contributed by atoms with Crippen molar-refractivity contribution in [1.82, 2.24) is 0 Å². The maximum Gasteiger partial charge on any atom is 0.417 e. The summed E-state index contributed by atoms with van der Waals surface area (Å²) in [7, 11) is 0. The third-order valence-corrected chi connectivity index (χ3v) is 2.27. The molecule has 0 spiro atoms. The van der Waals surface area contributed by atoms with Gasteiger partial charge in [-0.1, -0.05) is 0 Å². The van der Waals surface area contributed by atoms with Crippen molar-refractivity contribution in [3.8, 4) is 5.75 Å². The Morgan fingerprint density at radius 3 is 2.39 bits per heavy atom. The summed E-state index contributed by atoms with van der Waals surface area (Å²) in [6, 6.07) is 1.80. The highest BCUT2D eigenvalue weighted by molar-refractivity contribution is 5.96. The Hall–Kier alpha value is -1.85. The normalized spacial score (nSPS) is 11.2. The number of hydrogen-bond donors (Lipinski definition) is 0. The fourth-order valence-electron chi connectivity index (χ4n) is 1.46. The van der Waals surface area contributed by atoms with Gasteiger partial charge in [0, 0.05) is 5.56 Å². The van der Waals surface area contributed by atoms with Crippen LogP contribution in [0.4, 0.5) is 13.2 Å². The fourth-order valence-corrected chi connectivity index (χ4v) is 1.46. The lowest BCUT2D eigenvalue weighted by Gasteiger charge is -2.14. The number of carbonyl (C=O) groups is 2. The number of Topliss-reactive ketones (excluding diaryl/α,β-unsaturated/α-hetero) is 1. The van der Waals surface area contributed by atoms with Crippen LogP contribution in [0.3, 0.4) is 0 Å². The van der Waals surface area contributed by atoms with Crippen LogP contribution in [0.5, 0.6) is 5.75 Å². The average molecular weight is 260 g/mol. The van der Waals surface area contributed by atoms with Gasteiger partial charge in [-0.25, -0.2) is 0 Å². The number of alkyl halides is 3. The predicted molar refractivity (Wildman–Crippen MR) is 58.0 cm³/mol. The minimum Gasteiger partial charge on any atom is -0.493 e. The molecule has 0 heterocycles.